The van der Waals surface area contributed by atoms with Crippen LogP contribution >= 0.6 is 0 Å². The van der Waals surface area contributed by atoms with Gasteiger partial charge in [-0.15, -0.1) is 5.10 Å². The molecule has 0 fully saturated rings. The molecule has 9 nitrogen and oxygen atoms in total. The Morgan fingerprint density at radius 1 is 1.15 bits per heavy atom. The van der Waals surface area contributed by atoms with E-state index in [1.807, 2.05) is 52.2 Å². The molecule has 1 aromatic heterocycles. The minimum atomic E-state index is -0.540. The maximum absolute atomic E-state index is 12.2. The standard InChI is InChI=1S/C24H31N7O2/c1-6-23(28-27-17(3)18-10-11-21-19(14-18)12-13-29(21)4)33-15-20-16(2)8-7-9-22(20)31(26)24(32)30(5)25/h7-14H,6,15,25-26H2,1-5H3/b27-17?,28-23-. The van der Waals surface area contributed by atoms with Crippen LogP contribution in [0.4, 0.5) is 10.5 Å². The number of nitrogens with zero attached hydrogens (tertiary/aromatic N) is 5. The largest absolute Gasteiger partial charge is 0.475 e. The molecule has 0 aliphatic rings. The topological polar surface area (TPSA) is 114 Å². The number of urea groups is 1. The highest BCUT2D eigenvalue weighted by atomic mass is 16.5. The summed E-state index contributed by atoms with van der Waals surface area (Å²) in [7, 11) is 3.46. The summed E-state index contributed by atoms with van der Waals surface area (Å²) in [4.78, 5) is 12.2. The van der Waals surface area contributed by atoms with Crippen molar-refractivity contribution in [3.05, 3.63) is 65.4 Å². The van der Waals surface area contributed by atoms with Crippen molar-refractivity contribution in [2.75, 3.05) is 12.1 Å². The highest BCUT2D eigenvalue weighted by Crippen LogP contribution is 2.24. The maximum Gasteiger partial charge on any atom is 0.352 e. The number of anilines is 1. The van der Waals surface area contributed by atoms with Crippen LogP contribution in [-0.2, 0) is 18.4 Å². The molecule has 0 saturated carbocycles. The molecule has 174 valence electrons. The zero-order chi connectivity index (χ0) is 24.1. The van der Waals surface area contributed by atoms with Crippen LogP contribution in [0.3, 0.4) is 0 Å². The van der Waals surface area contributed by atoms with Crippen molar-refractivity contribution >= 4 is 34.2 Å². The predicted octanol–water partition coefficient (Wildman–Crippen LogP) is 3.84. The van der Waals surface area contributed by atoms with Gasteiger partial charge < -0.3 is 9.30 Å². The minimum absolute atomic E-state index is 0.189. The smallest absolute Gasteiger partial charge is 0.352 e. The van der Waals surface area contributed by atoms with Gasteiger partial charge in [-0.1, -0.05) is 25.1 Å². The summed E-state index contributed by atoms with van der Waals surface area (Å²) in [5.41, 5.74) is 5.17. The van der Waals surface area contributed by atoms with Gasteiger partial charge in [-0.25, -0.2) is 21.5 Å². The highest BCUT2D eigenvalue weighted by Gasteiger charge is 2.19. The van der Waals surface area contributed by atoms with Gasteiger partial charge in [-0.2, -0.15) is 5.10 Å². The van der Waals surface area contributed by atoms with Crippen molar-refractivity contribution in [2.24, 2.45) is 28.9 Å². The number of carbonyl (C=O) groups excluding carboxylic acids is 1. The van der Waals surface area contributed by atoms with Crippen LogP contribution in [0.5, 0.6) is 0 Å². The lowest BCUT2D eigenvalue weighted by Gasteiger charge is -2.24. The lowest BCUT2D eigenvalue weighted by Crippen LogP contribution is -2.49. The Bertz CT molecular complexity index is 1210. The van der Waals surface area contributed by atoms with Gasteiger partial charge in [-0.3, -0.25) is 5.01 Å². The number of carbonyl (C=O) groups is 1. The third-order valence-electron chi connectivity index (χ3n) is 5.45. The number of nitrogens with two attached hydrogens (primary N) is 2. The molecular formula is C24H31N7O2. The van der Waals surface area contributed by atoms with Crippen molar-refractivity contribution in [3.63, 3.8) is 0 Å². The van der Waals surface area contributed by atoms with E-state index in [0.29, 0.717) is 18.0 Å². The van der Waals surface area contributed by atoms with E-state index in [9.17, 15) is 4.79 Å². The quantitative estimate of drug-likeness (QED) is 0.196. The molecule has 3 rings (SSSR count). The average Bonchev–Trinajstić information content (AvgIpc) is 3.18. The number of rotatable bonds is 6. The summed E-state index contributed by atoms with van der Waals surface area (Å²) in [6.07, 6.45) is 2.59. The second kappa shape index (κ2) is 10.3. The molecule has 4 N–H and O–H groups in total. The van der Waals surface area contributed by atoms with Crippen LogP contribution in [0, 0.1) is 6.92 Å². The van der Waals surface area contributed by atoms with Gasteiger partial charge in [0.1, 0.15) is 6.61 Å². The van der Waals surface area contributed by atoms with Crippen LogP contribution in [-0.4, -0.2) is 34.3 Å². The summed E-state index contributed by atoms with van der Waals surface area (Å²) in [5, 5.41) is 11.8. The monoisotopic (exact) mass is 449 g/mol. The van der Waals surface area contributed by atoms with Crippen LogP contribution in [0.1, 0.15) is 37.0 Å². The predicted molar refractivity (Wildman–Crippen MR) is 133 cm³/mol. The van der Waals surface area contributed by atoms with Crippen LogP contribution < -0.4 is 16.7 Å². The maximum atomic E-state index is 12.2. The number of amides is 2. The normalized spacial score (nSPS) is 12.2. The number of aryl methyl sites for hydroxylation is 2. The lowest BCUT2D eigenvalue weighted by atomic mass is 10.1. The van der Waals surface area contributed by atoms with Crippen molar-refractivity contribution in [3.8, 4) is 0 Å². The van der Waals surface area contributed by atoms with Crippen molar-refractivity contribution in [1.29, 1.82) is 0 Å². The SMILES string of the molecule is CC/C(=N/N=C(C)c1ccc2c(ccn2C)c1)OCc1c(C)cccc1N(N)C(=O)N(C)N. The number of hydrazine groups is 2. The fourth-order valence-electron chi connectivity index (χ4n) is 3.43. The first-order valence-corrected chi connectivity index (χ1v) is 10.7. The van der Waals surface area contributed by atoms with Gasteiger partial charge >= 0.3 is 6.03 Å². The fraction of sp³-hybridized carbons (Fsp3) is 0.292. The molecule has 0 atom stereocenters. The summed E-state index contributed by atoms with van der Waals surface area (Å²) in [5.74, 6) is 12.0. The Labute approximate surface area is 193 Å². The third kappa shape index (κ3) is 5.39. The van der Waals surface area contributed by atoms with Gasteiger partial charge in [-0.05, 0) is 49.2 Å². The molecule has 0 unspecified atom stereocenters. The van der Waals surface area contributed by atoms with E-state index in [2.05, 4.69) is 33.0 Å². The second-order valence-electron chi connectivity index (χ2n) is 7.86. The van der Waals surface area contributed by atoms with Gasteiger partial charge in [0.2, 0.25) is 5.90 Å². The van der Waals surface area contributed by atoms with E-state index in [0.717, 1.165) is 43.3 Å². The molecule has 0 aliphatic carbocycles. The molecule has 1 heterocycles. The van der Waals surface area contributed by atoms with E-state index in [-0.39, 0.29) is 6.61 Å². The molecular weight excluding hydrogens is 418 g/mol. The Hall–Kier alpha value is -3.69. The lowest BCUT2D eigenvalue weighted by molar-refractivity contribution is 0.216. The molecule has 0 aliphatic heterocycles. The Balaban J connectivity index is 1.79. The zero-order valence-electron chi connectivity index (χ0n) is 19.7. The average molecular weight is 450 g/mol. The van der Waals surface area contributed by atoms with E-state index in [4.69, 9.17) is 16.4 Å². The Morgan fingerprint density at radius 3 is 2.61 bits per heavy atom. The summed E-state index contributed by atoms with van der Waals surface area (Å²) >= 11 is 0. The molecule has 2 amide bonds. The van der Waals surface area contributed by atoms with Crippen LogP contribution in [0.15, 0.2) is 58.9 Å². The van der Waals surface area contributed by atoms with Gasteiger partial charge in [0.15, 0.2) is 0 Å². The van der Waals surface area contributed by atoms with Gasteiger partial charge in [0.25, 0.3) is 0 Å². The molecule has 0 spiro atoms. The molecule has 0 radical (unpaired) electrons. The first-order chi connectivity index (χ1) is 15.7. The molecule has 9 heteroatoms. The number of ether oxygens (including phenoxy) is 1. The number of hydrogen-bond acceptors (Lipinski definition) is 6. The van der Waals surface area contributed by atoms with Gasteiger partial charge in [0, 0.05) is 43.2 Å². The van der Waals surface area contributed by atoms with Crippen molar-refractivity contribution in [2.45, 2.75) is 33.8 Å². The molecule has 2 aromatic carbocycles. The van der Waals surface area contributed by atoms with E-state index in [1.165, 1.54) is 7.05 Å². The molecule has 0 bridgehead atoms. The third-order valence-corrected chi connectivity index (χ3v) is 5.45. The summed E-state index contributed by atoms with van der Waals surface area (Å²) in [6.45, 7) is 5.98. The molecule has 3 aromatic rings. The number of benzene rings is 2. The van der Waals surface area contributed by atoms with Crippen LogP contribution in [0.25, 0.3) is 10.9 Å². The van der Waals surface area contributed by atoms with Crippen molar-refractivity contribution < 1.29 is 9.53 Å². The van der Waals surface area contributed by atoms with Crippen LogP contribution in [0.2, 0.25) is 0 Å². The first kappa shape index (κ1) is 24.0. The Morgan fingerprint density at radius 2 is 1.91 bits per heavy atom. The number of fused-ring (bicyclic) bond motifs is 1. The summed E-state index contributed by atoms with van der Waals surface area (Å²) < 4.78 is 8.03. The summed E-state index contributed by atoms with van der Waals surface area (Å²) in [6, 6.07) is 13.2. The first-order valence-electron chi connectivity index (χ1n) is 10.7. The van der Waals surface area contributed by atoms with Gasteiger partial charge in [0.05, 0.1) is 11.4 Å². The highest BCUT2D eigenvalue weighted by molar-refractivity contribution is 6.02. The number of aromatic nitrogens is 1. The molecule has 0 saturated heterocycles. The van der Waals surface area contributed by atoms with E-state index < -0.39 is 6.03 Å². The van der Waals surface area contributed by atoms with Crippen molar-refractivity contribution in [1.82, 2.24) is 9.58 Å². The Kier molecular flexibility index (Phi) is 7.47. The minimum Gasteiger partial charge on any atom is -0.475 e. The van der Waals surface area contributed by atoms with E-state index in [1.54, 1.807) is 6.07 Å². The second-order valence-corrected chi connectivity index (χ2v) is 7.86. The zero-order valence-corrected chi connectivity index (χ0v) is 19.7. The number of hydrogen-bond donors (Lipinski definition) is 2. The van der Waals surface area contributed by atoms with E-state index >= 15 is 0 Å². The fourth-order valence-corrected chi connectivity index (χ4v) is 3.43. The molecule has 33 heavy (non-hydrogen) atoms.